The summed E-state index contributed by atoms with van der Waals surface area (Å²) in [6.07, 6.45) is 4.48. The van der Waals surface area contributed by atoms with Crippen molar-refractivity contribution in [2.24, 2.45) is 11.8 Å². The molecule has 0 spiro atoms. The van der Waals surface area contributed by atoms with Gasteiger partial charge in [0.25, 0.3) is 0 Å². The molecule has 138 valence electrons. The average Bonchev–Trinajstić information content (AvgIpc) is 3.27. The van der Waals surface area contributed by atoms with Crippen LogP contribution in [0.4, 0.5) is 4.39 Å². The van der Waals surface area contributed by atoms with Gasteiger partial charge in [-0.3, -0.25) is 14.5 Å². The van der Waals surface area contributed by atoms with E-state index in [2.05, 4.69) is 22.3 Å². The zero-order chi connectivity index (χ0) is 18.8. The van der Waals surface area contributed by atoms with Gasteiger partial charge in [-0.2, -0.15) is 5.10 Å². The third-order valence-electron chi connectivity index (χ3n) is 4.95. The van der Waals surface area contributed by atoms with E-state index in [9.17, 15) is 9.18 Å². The molecule has 1 aliphatic carbocycles. The van der Waals surface area contributed by atoms with Crippen LogP contribution < -0.4 is 5.32 Å². The lowest BCUT2D eigenvalue weighted by Crippen LogP contribution is -2.29. The first-order valence-electron chi connectivity index (χ1n) is 9.14. The van der Waals surface area contributed by atoms with Crippen LogP contribution in [-0.4, -0.2) is 27.2 Å². The number of aromatic nitrogens is 3. The number of halogens is 1. The van der Waals surface area contributed by atoms with Crippen LogP contribution in [0.1, 0.15) is 13.3 Å². The van der Waals surface area contributed by atoms with Crippen LogP contribution in [-0.2, 0) is 11.3 Å². The molecule has 1 fully saturated rings. The van der Waals surface area contributed by atoms with E-state index in [-0.39, 0.29) is 17.6 Å². The molecule has 1 amide bonds. The van der Waals surface area contributed by atoms with Crippen LogP contribution in [0.15, 0.2) is 54.9 Å². The van der Waals surface area contributed by atoms with Crippen molar-refractivity contribution in [1.82, 2.24) is 20.1 Å². The second-order valence-corrected chi connectivity index (χ2v) is 7.00. The monoisotopic (exact) mass is 364 g/mol. The van der Waals surface area contributed by atoms with E-state index < -0.39 is 0 Å². The lowest BCUT2D eigenvalue weighted by Gasteiger charge is -2.08. The lowest BCUT2D eigenvalue weighted by atomic mass is 10.1. The predicted molar refractivity (Wildman–Crippen MR) is 101 cm³/mol. The van der Waals surface area contributed by atoms with Crippen molar-refractivity contribution in [1.29, 1.82) is 0 Å². The molecule has 1 N–H and O–H groups in total. The molecule has 5 nitrogen and oxygen atoms in total. The summed E-state index contributed by atoms with van der Waals surface area (Å²) in [5.41, 5.74) is 3.46. The number of hydrogen-bond donors (Lipinski definition) is 1. The van der Waals surface area contributed by atoms with Crippen molar-refractivity contribution in [3.8, 4) is 22.5 Å². The third kappa shape index (κ3) is 3.89. The molecule has 0 saturated heterocycles. The summed E-state index contributed by atoms with van der Waals surface area (Å²) in [4.78, 5) is 16.2. The topological polar surface area (TPSA) is 59.8 Å². The Hall–Kier alpha value is -3.02. The number of carbonyl (C=O) groups excluding carboxylic acids is 1. The summed E-state index contributed by atoms with van der Waals surface area (Å²) in [5.74, 6) is 0.500. The molecule has 4 rings (SSSR count). The molecule has 0 bridgehead atoms. The van der Waals surface area contributed by atoms with Gasteiger partial charge in [0, 0.05) is 36.0 Å². The molecule has 2 aromatic heterocycles. The summed E-state index contributed by atoms with van der Waals surface area (Å²) >= 11 is 0. The number of nitrogens with one attached hydrogen (secondary N) is 1. The second-order valence-electron chi connectivity index (χ2n) is 7.00. The van der Waals surface area contributed by atoms with Gasteiger partial charge < -0.3 is 5.32 Å². The summed E-state index contributed by atoms with van der Waals surface area (Å²) in [6, 6.07) is 12.1. The van der Waals surface area contributed by atoms with Crippen molar-refractivity contribution >= 4 is 5.91 Å². The van der Waals surface area contributed by atoms with Gasteiger partial charge in [-0.1, -0.05) is 6.92 Å². The fourth-order valence-corrected chi connectivity index (χ4v) is 3.20. The number of rotatable bonds is 6. The molecule has 0 aliphatic heterocycles. The molecule has 1 aliphatic rings. The van der Waals surface area contributed by atoms with Crippen molar-refractivity contribution in [3.05, 3.63) is 60.7 Å². The van der Waals surface area contributed by atoms with Crippen LogP contribution in [0.3, 0.4) is 0 Å². The minimum Gasteiger partial charge on any atom is -0.354 e. The normalized spacial score (nSPS) is 18.3. The molecule has 27 heavy (non-hydrogen) atoms. The highest BCUT2D eigenvalue weighted by atomic mass is 19.1. The minimum atomic E-state index is -0.275. The number of hydrogen-bond acceptors (Lipinski definition) is 3. The van der Waals surface area contributed by atoms with E-state index in [1.165, 1.54) is 12.1 Å². The summed E-state index contributed by atoms with van der Waals surface area (Å²) in [7, 11) is 0. The smallest absolute Gasteiger partial charge is 0.223 e. The van der Waals surface area contributed by atoms with Gasteiger partial charge in [0.05, 0.1) is 17.9 Å². The van der Waals surface area contributed by atoms with Crippen LogP contribution >= 0.6 is 0 Å². The first kappa shape index (κ1) is 17.4. The van der Waals surface area contributed by atoms with Crippen LogP contribution in [0.25, 0.3) is 22.5 Å². The Kier molecular flexibility index (Phi) is 4.71. The quantitative estimate of drug-likeness (QED) is 0.728. The standard InChI is InChI=1S/C21H21FN4O/c1-14-11-18(14)21(27)24-9-10-26-20(16-3-2-8-23-13-16)12-19(25-26)15-4-6-17(22)7-5-15/h2-8,12-14,18H,9-11H2,1H3,(H,24,27)/t14-,18+/m0/s1. The SMILES string of the molecule is C[C@H]1C[C@H]1C(=O)NCCn1nc(-c2ccc(F)cc2)cc1-c1cccnc1. The highest BCUT2D eigenvalue weighted by Crippen LogP contribution is 2.37. The molecule has 0 unspecified atom stereocenters. The molecule has 6 heteroatoms. The minimum absolute atomic E-state index is 0.122. The number of amides is 1. The Balaban J connectivity index is 1.56. The fraction of sp³-hybridized carbons (Fsp3) is 0.286. The first-order valence-corrected chi connectivity index (χ1v) is 9.14. The number of benzene rings is 1. The predicted octanol–water partition coefficient (Wildman–Crippen LogP) is 3.52. The van der Waals surface area contributed by atoms with Crippen LogP contribution in [0, 0.1) is 17.7 Å². The molecular formula is C21H21FN4O. The van der Waals surface area contributed by atoms with Crippen molar-refractivity contribution in [2.45, 2.75) is 19.9 Å². The maximum atomic E-state index is 13.2. The van der Waals surface area contributed by atoms with E-state index in [1.54, 1.807) is 24.5 Å². The maximum Gasteiger partial charge on any atom is 0.223 e. The largest absolute Gasteiger partial charge is 0.354 e. The van der Waals surface area contributed by atoms with Crippen molar-refractivity contribution < 1.29 is 9.18 Å². The van der Waals surface area contributed by atoms with Gasteiger partial charge >= 0.3 is 0 Å². The molecule has 2 heterocycles. The van der Waals surface area contributed by atoms with Gasteiger partial charge in [0.1, 0.15) is 5.82 Å². The number of carbonyl (C=O) groups is 1. The van der Waals surface area contributed by atoms with E-state index in [0.29, 0.717) is 19.0 Å². The van der Waals surface area contributed by atoms with Gasteiger partial charge in [0.15, 0.2) is 0 Å². The van der Waals surface area contributed by atoms with E-state index in [1.807, 2.05) is 22.9 Å². The van der Waals surface area contributed by atoms with Crippen molar-refractivity contribution in [3.63, 3.8) is 0 Å². The molecule has 3 aromatic rings. The summed E-state index contributed by atoms with van der Waals surface area (Å²) < 4.78 is 15.1. The Morgan fingerprint density at radius 3 is 2.70 bits per heavy atom. The van der Waals surface area contributed by atoms with E-state index >= 15 is 0 Å². The number of pyridine rings is 1. The Morgan fingerprint density at radius 2 is 2.04 bits per heavy atom. The Labute approximate surface area is 157 Å². The van der Waals surface area contributed by atoms with Gasteiger partial charge in [0.2, 0.25) is 5.91 Å². The zero-order valence-electron chi connectivity index (χ0n) is 15.1. The Bertz CT molecular complexity index is 937. The number of nitrogens with zero attached hydrogens (tertiary/aromatic N) is 3. The summed E-state index contributed by atoms with van der Waals surface area (Å²) in [5, 5.41) is 7.67. The van der Waals surface area contributed by atoms with E-state index in [4.69, 9.17) is 0 Å². The van der Waals surface area contributed by atoms with Crippen LogP contribution in [0.2, 0.25) is 0 Å². The zero-order valence-corrected chi connectivity index (χ0v) is 15.1. The lowest BCUT2D eigenvalue weighted by molar-refractivity contribution is -0.122. The maximum absolute atomic E-state index is 13.2. The first-order chi connectivity index (χ1) is 13.1. The molecule has 0 radical (unpaired) electrons. The Morgan fingerprint density at radius 1 is 1.26 bits per heavy atom. The van der Waals surface area contributed by atoms with E-state index in [0.717, 1.165) is 28.9 Å². The molecule has 1 saturated carbocycles. The van der Waals surface area contributed by atoms with Gasteiger partial charge in [-0.15, -0.1) is 0 Å². The molecular weight excluding hydrogens is 343 g/mol. The fourth-order valence-electron chi connectivity index (χ4n) is 3.20. The molecule has 2 atom stereocenters. The van der Waals surface area contributed by atoms with Crippen molar-refractivity contribution in [2.75, 3.05) is 6.54 Å². The highest BCUT2D eigenvalue weighted by molar-refractivity contribution is 5.81. The van der Waals surface area contributed by atoms with Gasteiger partial charge in [-0.25, -0.2) is 4.39 Å². The molecule has 1 aromatic carbocycles. The second kappa shape index (κ2) is 7.31. The third-order valence-corrected chi connectivity index (χ3v) is 4.95. The van der Waals surface area contributed by atoms with Crippen LogP contribution in [0.5, 0.6) is 0 Å². The average molecular weight is 364 g/mol. The summed E-state index contributed by atoms with van der Waals surface area (Å²) in [6.45, 7) is 3.16. The van der Waals surface area contributed by atoms with Gasteiger partial charge in [-0.05, 0) is 54.8 Å². The highest BCUT2D eigenvalue weighted by Gasteiger charge is 2.38.